The van der Waals surface area contributed by atoms with Crippen molar-refractivity contribution in [1.29, 1.82) is 5.26 Å². The number of benzene rings is 3. The van der Waals surface area contributed by atoms with Gasteiger partial charge in [0.05, 0.1) is 23.7 Å². The van der Waals surface area contributed by atoms with Gasteiger partial charge in [-0.3, -0.25) is 0 Å². The molecule has 0 aliphatic carbocycles. The van der Waals surface area contributed by atoms with Crippen LogP contribution in [-0.4, -0.2) is 17.1 Å². The number of nitrogens with zero attached hydrogens (tertiary/aromatic N) is 2. The van der Waals surface area contributed by atoms with Gasteiger partial charge in [0, 0.05) is 10.6 Å². The predicted octanol–water partition coefficient (Wildman–Crippen LogP) is 6.18. The lowest BCUT2D eigenvalue weighted by molar-refractivity contribution is 0.284. The Bertz CT molecular complexity index is 1320. The summed E-state index contributed by atoms with van der Waals surface area (Å²) >= 11 is 6.20. The van der Waals surface area contributed by atoms with Crippen molar-refractivity contribution in [2.75, 3.05) is 7.11 Å². The topological polar surface area (TPSA) is 70.9 Å². The Kier molecular flexibility index (Phi) is 5.92. The quantitative estimate of drug-likeness (QED) is 0.371. The second-order valence-electron chi connectivity index (χ2n) is 7.07. The summed E-state index contributed by atoms with van der Waals surface area (Å²) in [6.45, 7) is 2.34. The molecule has 1 heterocycles. The van der Waals surface area contributed by atoms with E-state index in [0.717, 1.165) is 27.7 Å². The maximum absolute atomic E-state index is 9.69. The van der Waals surface area contributed by atoms with Crippen LogP contribution in [-0.2, 0) is 6.61 Å². The fourth-order valence-corrected chi connectivity index (χ4v) is 3.43. The second kappa shape index (κ2) is 8.95. The molecule has 3 aromatic carbocycles. The SMILES string of the molecule is COc1cc(C=C(C#N)c2nc3ccc(C)cc3[nH]2)ccc1OCc1ccccc1Cl. The lowest BCUT2D eigenvalue weighted by atomic mass is 10.1. The summed E-state index contributed by atoms with van der Waals surface area (Å²) in [4.78, 5) is 7.76. The van der Waals surface area contributed by atoms with Crippen LogP contribution in [0.3, 0.4) is 0 Å². The van der Waals surface area contributed by atoms with E-state index in [1.807, 2.05) is 67.6 Å². The Morgan fingerprint density at radius 1 is 1.13 bits per heavy atom. The highest BCUT2D eigenvalue weighted by molar-refractivity contribution is 6.31. The largest absolute Gasteiger partial charge is 0.493 e. The summed E-state index contributed by atoms with van der Waals surface area (Å²) in [7, 11) is 1.58. The van der Waals surface area contributed by atoms with Crippen molar-refractivity contribution in [1.82, 2.24) is 9.97 Å². The first-order valence-electron chi connectivity index (χ1n) is 9.70. The highest BCUT2D eigenvalue weighted by Crippen LogP contribution is 2.31. The standard InChI is InChI=1S/C25H20ClN3O2/c1-16-7-9-21-22(11-16)29-25(28-21)19(14-27)12-17-8-10-23(24(13-17)30-2)31-15-18-5-3-4-6-20(18)26/h3-13H,15H2,1-2H3,(H,28,29). The zero-order valence-electron chi connectivity index (χ0n) is 17.1. The van der Waals surface area contributed by atoms with Crippen molar-refractivity contribution in [3.05, 3.63) is 88.2 Å². The van der Waals surface area contributed by atoms with E-state index < -0.39 is 0 Å². The van der Waals surface area contributed by atoms with Crippen molar-refractivity contribution in [2.45, 2.75) is 13.5 Å². The molecule has 0 unspecified atom stereocenters. The average molecular weight is 430 g/mol. The first-order valence-corrected chi connectivity index (χ1v) is 10.1. The molecule has 5 nitrogen and oxygen atoms in total. The third-order valence-electron chi connectivity index (χ3n) is 4.85. The number of hydrogen-bond donors (Lipinski definition) is 1. The summed E-state index contributed by atoms with van der Waals surface area (Å²) in [6, 6.07) is 21.2. The molecule has 1 N–H and O–H groups in total. The van der Waals surface area contributed by atoms with Gasteiger partial charge >= 0.3 is 0 Å². The third kappa shape index (κ3) is 4.55. The van der Waals surface area contributed by atoms with E-state index in [0.29, 0.717) is 34.5 Å². The van der Waals surface area contributed by atoms with Crippen LogP contribution in [0.1, 0.15) is 22.5 Å². The van der Waals surface area contributed by atoms with Crippen molar-refractivity contribution < 1.29 is 9.47 Å². The number of methoxy groups -OCH3 is 1. The molecule has 0 saturated carbocycles. The first-order chi connectivity index (χ1) is 15.1. The first kappa shape index (κ1) is 20.5. The molecule has 0 amide bonds. The van der Waals surface area contributed by atoms with Gasteiger partial charge in [-0.25, -0.2) is 4.98 Å². The molecular weight excluding hydrogens is 410 g/mol. The monoisotopic (exact) mass is 429 g/mol. The van der Waals surface area contributed by atoms with Gasteiger partial charge in [-0.15, -0.1) is 0 Å². The van der Waals surface area contributed by atoms with Gasteiger partial charge in [0.25, 0.3) is 0 Å². The van der Waals surface area contributed by atoms with Crippen LogP contribution in [0.5, 0.6) is 11.5 Å². The number of aryl methyl sites for hydroxylation is 1. The minimum atomic E-state index is 0.326. The number of imidazole rings is 1. The average Bonchev–Trinajstić information content (AvgIpc) is 3.20. The molecule has 0 radical (unpaired) electrons. The van der Waals surface area contributed by atoms with E-state index in [-0.39, 0.29) is 0 Å². The number of hydrogen-bond acceptors (Lipinski definition) is 4. The molecular formula is C25H20ClN3O2. The van der Waals surface area contributed by atoms with E-state index in [9.17, 15) is 5.26 Å². The number of allylic oxidation sites excluding steroid dienone is 1. The van der Waals surface area contributed by atoms with Crippen LogP contribution in [0.25, 0.3) is 22.7 Å². The number of H-pyrrole nitrogens is 1. The number of halogens is 1. The van der Waals surface area contributed by atoms with Gasteiger partial charge in [-0.05, 0) is 54.5 Å². The van der Waals surface area contributed by atoms with Crippen molar-refractivity contribution >= 4 is 34.3 Å². The minimum absolute atomic E-state index is 0.326. The molecule has 0 bridgehead atoms. The van der Waals surface area contributed by atoms with Crippen LogP contribution in [0.4, 0.5) is 0 Å². The van der Waals surface area contributed by atoms with Gasteiger partial charge in [-0.1, -0.05) is 41.9 Å². The molecule has 6 heteroatoms. The molecule has 0 saturated heterocycles. The Morgan fingerprint density at radius 3 is 2.74 bits per heavy atom. The molecule has 0 aliphatic heterocycles. The molecule has 0 atom stereocenters. The Balaban J connectivity index is 1.60. The van der Waals surface area contributed by atoms with Crippen molar-refractivity contribution in [3.8, 4) is 17.6 Å². The number of fused-ring (bicyclic) bond motifs is 1. The number of rotatable bonds is 6. The lowest BCUT2D eigenvalue weighted by Crippen LogP contribution is -1.98. The van der Waals surface area contributed by atoms with Crippen LogP contribution in [0, 0.1) is 18.3 Å². The lowest BCUT2D eigenvalue weighted by Gasteiger charge is -2.12. The summed E-state index contributed by atoms with van der Waals surface area (Å²) in [6.07, 6.45) is 1.77. The van der Waals surface area contributed by atoms with Gasteiger partial charge in [-0.2, -0.15) is 5.26 Å². The van der Waals surface area contributed by atoms with E-state index >= 15 is 0 Å². The molecule has 4 aromatic rings. The number of ether oxygens (including phenoxy) is 2. The molecule has 1 aromatic heterocycles. The molecule has 0 fully saturated rings. The van der Waals surface area contributed by atoms with E-state index in [1.165, 1.54) is 0 Å². The summed E-state index contributed by atoms with van der Waals surface area (Å²) in [5.74, 6) is 1.69. The zero-order valence-corrected chi connectivity index (χ0v) is 17.9. The fraction of sp³-hybridized carbons (Fsp3) is 0.120. The van der Waals surface area contributed by atoms with Gasteiger partial charge in [0.2, 0.25) is 0 Å². The smallest absolute Gasteiger partial charge is 0.161 e. The maximum Gasteiger partial charge on any atom is 0.161 e. The minimum Gasteiger partial charge on any atom is -0.493 e. The molecule has 31 heavy (non-hydrogen) atoms. The number of aromatic nitrogens is 2. The molecule has 0 spiro atoms. The highest BCUT2D eigenvalue weighted by atomic mass is 35.5. The molecule has 0 aliphatic rings. The van der Waals surface area contributed by atoms with E-state index in [1.54, 1.807) is 13.2 Å². The second-order valence-corrected chi connectivity index (χ2v) is 7.47. The van der Waals surface area contributed by atoms with Gasteiger partial charge < -0.3 is 14.5 Å². The number of nitrogens with one attached hydrogen (secondary N) is 1. The van der Waals surface area contributed by atoms with Gasteiger partial charge in [0.1, 0.15) is 18.5 Å². The van der Waals surface area contributed by atoms with Crippen LogP contribution >= 0.6 is 11.6 Å². The van der Waals surface area contributed by atoms with Gasteiger partial charge in [0.15, 0.2) is 11.5 Å². The fourth-order valence-electron chi connectivity index (χ4n) is 3.24. The molecule has 4 rings (SSSR count). The Morgan fingerprint density at radius 2 is 1.97 bits per heavy atom. The molecule has 154 valence electrons. The predicted molar refractivity (Wildman–Crippen MR) is 123 cm³/mol. The van der Waals surface area contributed by atoms with Crippen LogP contribution in [0.2, 0.25) is 5.02 Å². The summed E-state index contributed by atoms with van der Waals surface area (Å²) in [5, 5.41) is 10.3. The van der Waals surface area contributed by atoms with Crippen LogP contribution < -0.4 is 9.47 Å². The Hall–Kier alpha value is -3.75. The Labute approximate surface area is 185 Å². The highest BCUT2D eigenvalue weighted by Gasteiger charge is 2.11. The number of aromatic amines is 1. The van der Waals surface area contributed by atoms with Crippen LogP contribution in [0.15, 0.2) is 60.7 Å². The summed E-state index contributed by atoms with van der Waals surface area (Å²) in [5.41, 5.74) is 4.97. The number of nitriles is 1. The van der Waals surface area contributed by atoms with Crippen molar-refractivity contribution in [2.24, 2.45) is 0 Å². The normalized spacial score (nSPS) is 11.4. The maximum atomic E-state index is 9.69. The zero-order chi connectivity index (χ0) is 21.8. The van der Waals surface area contributed by atoms with E-state index in [2.05, 4.69) is 16.0 Å². The third-order valence-corrected chi connectivity index (χ3v) is 5.22. The summed E-state index contributed by atoms with van der Waals surface area (Å²) < 4.78 is 11.4. The van der Waals surface area contributed by atoms with E-state index in [4.69, 9.17) is 21.1 Å². The van der Waals surface area contributed by atoms with Crippen molar-refractivity contribution in [3.63, 3.8) is 0 Å².